The topological polar surface area (TPSA) is 4.93 Å². The first-order valence-corrected chi connectivity index (χ1v) is 13.1. The van der Waals surface area contributed by atoms with Crippen molar-refractivity contribution >= 4 is 69.6 Å². The number of unbranched alkanes of at least 4 members (excludes halogenated alkanes) is 9. The van der Waals surface area contributed by atoms with Crippen LogP contribution in [-0.4, -0.2) is 4.57 Å². The van der Waals surface area contributed by atoms with Gasteiger partial charge in [0.1, 0.15) is 0 Å². The van der Waals surface area contributed by atoms with Gasteiger partial charge >= 0.3 is 0 Å². The summed E-state index contributed by atoms with van der Waals surface area (Å²) in [4.78, 5) is 0. The van der Waals surface area contributed by atoms with E-state index in [4.69, 9.17) is 0 Å². The fourth-order valence-electron chi connectivity index (χ4n) is 4.12. The number of hydrogen-bond donors (Lipinski definition) is 0. The van der Waals surface area contributed by atoms with Gasteiger partial charge in [0, 0.05) is 36.3 Å². The maximum Gasteiger partial charge on any atom is 0.0636 e. The molecule has 28 heavy (non-hydrogen) atoms. The molecular formula is C24H30Br3N. The van der Waals surface area contributed by atoms with E-state index in [1.165, 1.54) is 86.0 Å². The van der Waals surface area contributed by atoms with E-state index >= 15 is 0 Å². The maximum absolute atomic E-state index is 3.80. The zero-order chi connectivity index (χ0) is 19.9. The van der Waals surface area contributed by atoms with Gasteiger partial charge in [-0.3, -0.25) is 0 Å². The van der Waals surface area contributed by atoms with Crippen LogP contribution in [0.15, 0.2) is 43.7 Å². The average molecular weight is 572 g/mol. The molecule has 0 amide bonds. The molecule has 0 fully saturated rings. The Hall–Kier alpha value is -0.320. The maximum atomic E-state index is 3.80. The second-order valence-electron chi connectivity index (χ2n) is 7.78. The lowest BCUT2D eigenvalue weighted by atomic mass is 10.1. The molecule has 3 aromatic rings. The summed E-state index contributed by atoms with van der Waals surface area (Å²) in [6.45, 7) is 3.37. The first-order valence-electron chi connectivity index (χ1n) is 10.7. The molecule has 4 heteroatoms. The number of benzene rings is 2. The fourth-order valence-corrected chi connectivity index (χ4v) is 5.92. The molecule has 3 rings (SSSR count). The standard InChI is InChI=1S/C24H30Br3N/c1-2-3-4-5-6-7-8-9-10-11-14-28-23-13-12-18(25)15-20(23)21-16-19(26)17-22(27)24(21)28/h12-13,15-17H,2-11,14H2,1H3. The van der Waals surface area contributed by atoms with Gasteiger partial charge in [-0.1, -0.05) is 96.6 Å². The number of halogens is 3. The molecule has 0 aliphatic rings. The van der Waals surface area contributed by atoms with Crippen molar-refractivity contribution < 1.29 is 0 Å². The van der Waals surface area contributed by atoms with Crippen molar-refractivity contribution in [2.24, 2.45) is 0 Å². The van der Waals surface area contributed by atoms with Crippen LogP contribution < -0.4 is 0 Å². The van der Waals surface area contributed by atoms with Crippen molar-refractivity contribution in [2.75, 3.05) is 0 Å². The highest BCUT2D eigenvalue weighted by Crippen LogP contribution is 2.37. The Morgan fingerprint density at radius 1 is 0.679 bits per heavy atom. The second kappa shape index (κ2) is 11.2. The fraction of sp³-hybridized carbons (Fsp3) is 0.500. The van der Waals surface area contributed by atoms with E-state index in [9.17, 15) is 0 Å². The minimum Gasteiger partial charge on any atom is -0.340 e. The van der Waals surface area contributed by atoms with E-state index in [0.29, 0.717) is 0 Å². The van der Waals surface area contributed by atoms with E-state index in [0.717, 1.165) is 20.0 Å². The first kappa shape index (κ1) is 22.4. The van der Waals surface area contributed by atoms with E-state index in [1.807, 2.05) is 0 Å². The molecule has 0 saturated heterocycles. The van der Waals surface area contributed by atoms with E-state index in [-0.39, 0.29) is 0 Å². The van der Waals surface area contributed by atoms with Crippen molar-refractivity contribution in [3.8, 4) is 0 Å². The molecule has 0 aliphatic heterocycles. The highest BCUT2D eigenvalue weighted by atomic mass is 79.9. The van der Waals surface area contributed by atoms with Crippen LogP contribution >= 0.6 is 47.8 Å². The summed E-state index contributed by atoms with van der Waals surface area (Å²) in [5.41, 5.74) is 2.64. The summed E-state index contributed by atoms with van der Waals surface area (Å²) < 4.78 is 5.91. The lowest BCUT2D eigenvalue weighted by molar-refractivity contribution is 0.541. The second-order valence-corrected chi connectivity index (χ2v) is 10.5. The lowest BCUT2D eigenvalue weighted by Crippen LogP contribution is -1.98. The average Bonchev–Trinajstić information content (AvgIpc) is 2.96. The van der Waals surface area contributed by atoms with Crippen LogP contribution in [0.4, 0.5) is 0 Å². The molecule has 0 bridgehead atoms. The number of hydrogen-bond acceptors (Lipinski definition) is 0. The van der Waals surface area contributed by atoms with Crippen LogP contribution in [0, 0.1) is 0 Å². The number of nitrogens with zero attached hydrogens (tertiary/aromatic N) is 1. The van der Waals surface area contributed by atoms with Crippen molar-refractivity contribution in [3.63, 3.8) is 0 Å². The highest BCUT2D eigenvalue weighted by Gasteiger charge is 2.14. The molecule has 1 aromatic heterocycles. The minimum atomic E-state index is 1.08. The third-order valence-corrected chi connectivity index (χ3v) is 7.13. The number of fused-ring (bicyclic) bond motifs is 3. The SMILES string of the molecule is CCCCCCCCCCCCn1c2ccc(Br)cc2c2cc(Br)cc(Br)c21. The van der Waals surface area contributed by atoms with Crippen LogP contribution in [-0.2, 0) is 6.54 Å². The molecule has 0 spiro atoms. The zero-order valence-electron chi connectivity index (χ0n) is 16.7. The number of aromatic nitrogens is 1. The third-order valence-electron chi connectivity index (χ3n) is 5.57. The van der Waals surface area contributed by atoms with Crippen LogP contribution in [0.25, 0.3) is 21.8 Å². The van der Waals surface area contributed by atoms with Gasteiger partial charge in [0.25, 0.3) is 0 Å². The van der Waals surface area contributed by atoms with Gasteiger partial charge in [-0.05, 0) is 52.7 Å². The molecule has 0 N–H and O–H groups in total. The van der Waals surface area contributed by atoms with Gasteiger partial charge in [-0.2, -0.15) is 0 Å². The van der Waals surface area contributed by atoms with Crippen molar-refractivity contribution in [1.29, 1.82) is 0 Å². The Morgan fingerprint density at radius 2 is 1.29 bits per heavy atom. The molecule has 0 saturated carbocycles. The summed E-state index contributed by atoms with van der Waals surface area (Å²) in [7, 11) is 0. The van der Waals surface area contributed by atoms with E-state index < -0.39 is 0 Å². The van der Waals surface area contributed by atoms with Crippen molar-refractivity contribution in [2.45, 2.75) is 77.7 Å². The van der Waals surface area contributed by atoms with Gasteiger partial charge in [0.2, 0.25) is 0 Å². The Labute approximate surface area is 194 Å². The van der Waals surface area contributed by atoms with Crippen LogP contribution in [0.2, 0.25) is 0 Å². The number of rotatable bonds is 11. The molecule has 0 radical (unpaired) electrons. The monoisotopic (exact) mass is 569 g/mol. The van der Waals surface area contributed by atoms with E-state index in [1.54, 1.807) is 0 Å². The quantitative estimate of drug-likeness (QED) is 0.202. The third kappa shape index (κ3) is 5.64. The predicted octanol–water partition coefficient (Wildman–Crippen LogP) is 10.0. The van der Waals surface area contributed by atoms with Crippen LogP contribution in [0.5, 0.6) is 0 Å². The summed E-state index contributed by atoms with van der Waals surface area (Å²) in [6.07, 6.45) is 13.7. The minimum absolute atomic E-state index is 1.08. The van der Waals surface area contributed by atoms with Crippen molar-refractivity contribution in [1.82, 2.24) is 4.57 Å². The van der Waals surface area contributed by atoms with Crippen LogP contribution in [0.3, 0.4) is 0 Å². The number of aryl methyl sites for hydroxylation is 1. The molecule has 152 valence electrons. The molecular weight excluding hydrogens is 542 g/mol. The summed E-state index contributed by atoms with van der Waals surface area (Å²) in [5.74, 6) is 0. The molecule has 1 nitrogen and oxygen atoms in total. The molecule has 1 heterocycles. The zero-order valence-corrected chi connectivity index (χ0v) is 21.5. The Kier molecular flexibility index (Phi) is 8.93. The smallest absolute Gasteiger partial charge is 0.0636 e. The van der Waals surface area contributed by atoms with Gasteiger partial charge in [-0.25, -0.2) is 0 Å². The van der Waals surface area contributed by atoms with Crippen LogP contribution in [0.1, 0.15) is 71.1 Å². The molecule has 0 atom stereocenters. The lowest BCUT2D eigenvalue weighted by Gasteiger charge is -2.09. The van der Waals surface area contributed by atoms with Gasteiger partial charge in [-0.15, -0.1) is 0 Å². The molecule has 0 aliphatic carbocycles. The predicted molar refractivity (Wildman–Crippen MR) is 134 cm³/mol. The van der Waals surface area contributed by atoms with E-state index in [2.05, 4.69) is 89.6 Å². The first-order chi connectivity index (χ1) is 13.6. The normalized spacial score (nSPS) is 11.7. The van der Waals surface area contributed by atoms with Gasteiger partial charge in [0.15, 0.2) is 0 Å². The Bertz CT molecular complexity index is 913. The summed E-state index contributed by atoms with van der Waals surface area (Å²) in [5, 5.41) is 2.63. The molecule has 0 unspecified atom stereocenters. The van der Waals surface area contributed by atoms with Gasteiger partial charge in [0.05, 0.1) is 5.52 Å². The Balaban J connectivity index is 1.61. The van der Waals surface area contributed by atoms with Gasteiger partial charge < -0.3 is 4.57 Å². The Morgan fingerprint density at radius 3 is 1.96 bits per heavy atom. The largest absolute Gasteiger partial charge is 0.340 e. The molecule has 2 aromatic carbocycles. The summed E-state index contributed by atoms with van der Waals surface area (Å²) in [6, 6.07) is 11.0. The summed E-state index contributed by atoms with van der Waals surface area (Å²) >= 11 is 11.1. The highest BCUT2D eigenvalue weighted by molar-refractivity contribution is 9.11. The van der Waals surface area contributed by atoms with Crippen molar-refractivity contribution in [3.05, 3.63) is 43.7 Å².